The molecule has 4 nitrogen and oxygen atoms in total. The second kappa shape index (κ2) is 12.5. The first-order chi connectivity index (χ1) is 25.0. The lowest BCUT2D eigenvalue weighted by atomic mass is 9.98. The molecular formula is C46H34N4Si. The number of rotatable bonds is 6. The Morgan fingerprint density at radius 2 is 0.804 bits per heavy atom. The lowest BCUT2D eigenvalue weighted by Crippen LogP contribution is -2.50. The summed E-state index contributed by atoms with van der Waals surface area (Å²) in [6.45, 7) is 4.85. The molecule has 242 valence electrons. The molecule has 2 aromatic heterocycles. The summed E-state index contributed by atoms with van der Waals surface area (Å²) in [4.78, 5) is 20.8. The van der Waals surface area contributed by atoms with Crippen LogP contribution < -0.4 is 10.4 Å². The molecule has 6 aromatic carbocycles. The van der Waals surface area contributed by atoms with Crippen molar-refractivity contribution in [3.63, 3.8) is 0 Å². The lowest BCUT2D eigenvalue weighted by molar-refractivity contribution is 1.18. The third-order valence-corrected chi connectivity index (χ3v) is 13.4. The summed E-state index contributed by atoms with van der Waals surface area (Å²) < 4.78 is 0. The average molecular weight is 671 g/mol. The van der Waals surface area contributed by atoms with E-state index in [1.54, 1.807) is 0 Å². The topological polar surface area (TPSA) is 51.6 Å². The van der Waals surface area contributed by atoms with Crippen molar-refractivity contribution in [2.75, 3.05) is 0 Å². The van der Waals surface area contributed by atoms with Gasteiger partial charge < -0.3 is 0 Å². The van der Waals surface area contributed by atoms with Crippen LogP contribution in [0.25, 0.3) is 78.9 Å². The van der Waals surface area contributed by atoms with Crippen LogP contribution in [0.5, 0.6) is 0 Å². The minimum Gasteiger partial charge on any atom is -0.228 e. The smallest absolute Gasteiger partial charge is 0.160 e. The van der Waals surface area contributed by atoms with Gasteiger partial charge >= 0.3 is 0 Å². The fourth-order valence-corrected chi connectivity index (χ4v) is 10.5. The van der Waals surface area contributed by atoms with Gasteiger partial charge in [-0.2, -0.15) is 0 Å². The summed E-state index contributed by atoms with van der Waals surface area (Å²) in [5.41, 5.74) is 12.5. The van der Waals surface area contributed by atoms with Crippen LogP contribution in [0.2, 0.25) is 13.1 Å². The molecule has 0 bridgehead atoms. The fraction of sp³-hybridized carbons (Fsp3) is 0.0435. The van der Waals surface area contributed by atoms with E-state index in [4.69, 9.17) is 19.9 Å². The zero-order chi connectivity index (χ0) is 34.4. The summed E-state index contributed by atoms with van der Waals surface area (Å²) in [5.74, 6) is 1.45. The molecule has 1 aliphatic rings. The van der Waals surface area contributed by atoms with Crippen molar-refractivity contribution in [3.05, 3.63) is 170 Å². The maximum absolute atomic E-state index is 5.34. The lowest BCUT2D eigenvalue weighted by Gasteiger charge is -2.22. The van der Waals surface area contributed by atoms with Gasteiger partial charge in [-0.15, -0.1) is 0 Å². The first kappa shape index (κ1) is 30.7. The number of nitrogens with zero attached hydrogens (tertiary/aromatic N) is 4. The first-order valence-electron chi connectivity index (χ1n) is 17.3. The minimum absolute atomic E-state index is 0.694. The van der Waals surface area contributed by atoms with Crippen LogP contribution in [0.4, 0.5) is 0 Å². The van der Waals surface area contributed by atoms with Gasteiger partial charge in [-0.05, 0) is 45.3 Å². The first-order valence-corrected chi connectivity index (χ1v) is 20.3. The largest absolute Gasteiger partial charge is 0.228 e. The second-order valence-corrected chi connectivity index (χ2v) is 17.8. The van der Waals surface area contributed by atoms with Gasteiger partial charge in [0.1, 0.15) is 8.07 Å². The Kier molecular flexibility index (Phi) is 7.56. The van der Waals surface area contributed by atoms with E-state index in [9.17, 15) is 0 Å². The summed E-state index contributed by atoms with van der Waals surface area (Å²) in [6.07, 6.45) is 0. The van der Waals surface area contributed by atoms with Gasteiger partial charge in [-0.3, -0.25) is 0 Å². The van der Waals surface area contributed by atoms with Crippen molar-refractivity contribution in [1.82, 2.24) is 19.9 Å². The van der Waals surface area contributed by atoms with Gasteiger partial charge in [-0.1, -0.05) is 165 Å². The molecule has 0 saturated heterocycles. The van der Waals surface area contributed by atoms with Gasteiger partial charge in [0.25, 0.3) is 0 Å². The number of hydrogen-bond donors (Lipinski definition) is 0. The Labute approximate surface area is 299 Å². The molecule has 1 aliphatic heterocycles. The van der Waals surface area contributed by atoms with Crippen LogP contribution in [0, 0.1) is 0 Å². The fourth-order valence-electron chi connectivity index (χ4n) is 7.32. The molecule has 0 aliphatic carbocycles. The number of benzene rings is 6. The third-order valence-electron chi connectivity index (χ3n) is 9.88. The predicted octanol–water partition coefficient (Wildman–Crippen LogP) is 10.1. The van der Waals surface area contributed by atoms with Gasteiger partial charge in [-0.25, -0.2) is 19.9 Å². The van der Waals surface area contributed by atoms with Crippen molar-refractivity contribution in [2.24, 2.45) is 0 Å². The van der Waals surface area contributed by atoms with Gasteiger partial charge in [0.05, 0.1) is 22.8 Å². The summed E-state index contributed by atoms with van der Waals surface area (Å²) in [7, 11) is -2.09. The highest BCUT2D eigenvalue weighted by atomic mass is 28.3. The van der Waals surface area contributed by atoms with Gasteiger partial charge in [0.2, 0.25) is 0 Å². The zero-order valence-corrected chi connectivity index (χ0v) is 29.5. The molecule has 0 unspecified atom stereocenters. The highest BCUT2D eigenvalue weighted by Gasteiger charge is 2.41. The molecule has 51 heavy (non-hydrogen) atoms. The van der Waals surface area contributed by atoms with Crippen molar-refractivity contribution < 1.29 is 0 Å². The van der Waals surface area contributed by atoms with Crippen molar-refractivity contribution in [2.45, 2.75) is 13.1 Å². The van der Waals surface area contributed by atoms with E-state index in [0.29, 0.717) is 5.82 Å². The van der Waals surface area contributed by atoms with Crippen molar-refractivity contribution in [3.8, 4) is 78.9 Å². The van der Waals surface area contributed by atoms with E-state index in [1.165, 1.54) is 15.9 Å². The molecule has 0 saturated carbocycles. The average Bonchev–Trinajstić information content (AvgIpc) is 3.44. The third kappa shape index (κ3) is 5.58. The molecule has 0 fully saturated rings. The second-order valence-electron chi connectivity index (χ2n) is 13.5. The van der Waals surface area contributed by atoms with Crippen LogP contribution in [0.15, 0.2) is 170 Å². The van der Waals surface area contributed by atoms with E-state index in [2.05, 4.69) is 128 Å². The minimum atomic E-state index is -2.09. The molecule has 5 heteroatoms. The predicted molar refractivity (Wildman–Crippen MR) is 212 cm³/mol. The molecule has 9 rings (SSSR count). The Hall–Kier alpha value is -6.30. The number of aromatic nitrogens is 4. The quantitative estimate of drug-likeness (QED) is 0.165. The summed E-state index contributed by atoms with van der Waals surface area (Å²) in [5, 5.41) is 2.71. The van der Waals surface area contributed by atoms with Crippen molar-refractivity contribution >= 4 is 18.4 Å². The Morgan fingerprint density at radius 3 is 1.43 bits per heavy atom. The zero-order valence-electron chi connectivity index (χ0n) is 28.5. The summed E-state index contributed by atoms with van der Waals surface area (Å²) in [6, 6.07) is 59.2. The van der Waals surface area contributed by atoms with Crippen LogP contribution in [-0.2, 0) is 0 Å². The number of hydrogen-bond acceptors (Lipinski definition) is 4. The van der Waals surface area contributed by atoms with E-state index >= 15 is 0 Å². The molecule has 8 aromatic rings. The Balaban J connectivity index is 1.17. The van der Waals surface area contributed by atoms with E-state index in [-0.39, 0.29) is 0 Å². The van der Waals surface area contributed by atoms with E-state index in [0.717, 1.165) is 67.5 Å². The molecule has 0 radical (unpaired) electrons. The molecule has 0 amide bonds. The van der Waals surface area contributed by atoms with Crippen LogP contribution in [0.1, 0.15) is 0 Å². The molecule has 0 N–H and O–H groups in total. The maximum atomic E-state index is 5.34. The summed E-state index contributed by atoms with van der Waals surface area (Å²) >= 11 is 0. The molecule has 0 atom stereocenters. The van der Waals surface area contributed by atoms with E-state index in [1.807, 2.05) is 54.6 Å². The van der Waals surface area contributed by atoms with Crippen LogP contribution in [-0.4, -0.2) is 28.0 Å². The van der Waals surface area contributed by atoms with Crippen LogP contribution in [0.3, 0.4) is 0 Å². The monoisotopic (exact) mass is 670 g/mol. The SMILES string of the molecule is C[Si]1(C)c2ccccc2-c2nc(-c3ccccc3)nc(-c3cccc(-c4cccc(-c5nc(-c6ccccc6)cc(-c6ccccc6)n5)c4)c3)c21. The standard InChI is InChI=1S/C46H34N4Si/c1-51(2)41-27-13-12-26-38(41)43-44(51)42(49-45(50-43)33-20-10-5-11-21-33)36-24-14-22-34(28-36)35-23-15-25-37(29-35)46-47-39(31-16-6-3-7-17-31)30-40(48-46)32-18-8-4-9-19-32/h3-30H,1-2H3. The van der Waals surface area contributed by atoms with Crippen molar-refractivity contribution in [1.29, 1.82) is 0 Å². The highest BCUT2D eigenvalue weighted by molar-refractivity contribution is 7.04. The normalized spacial score (nSPS) is 12.7. The van der Waals surface area contributed by atoms with E-state index < -0.39 is 8.07 Å². The Morgan fingerprint density at radius 1 is 0.353 bits per heavy atom. The van der Waals surface area contributed by atoms with Crippen LogP contribution >= 0.6 is 0 Å². The molecule has 0 spiro atoms. The highest BCUT2D eigenvalue weighted by Crippen LogP contribution is 2.35. The Bertz CT molecular complexity index is 2490. The van der Waals surface area contributed by atoms with Gasteiger partial charge in [0.15, 0.2) is 11.6 Å². The molecular weight excluding hydrogens is 637 g/mol. The van der Waals surface area contributed by atoms with Gasteiger partial charge in [0, 0.05) is 27.8 Å². The molecule has 3 heterocycles. The maximum Gasteiger partial charge on any atom is 0.160 e. The number of fused-ring (bicyclic) bond motifs is 3.